The van der Waals surface area contributed by atoms with E-state index in [9.17, 15) is 18.0 Å². The molecule has 25 heavy (non-hydrogen) atoms. The number of aromatic nitrogens is 1. The molecule has 0 radical (unpaired) electrons. The van der Waals surface area contributed by atoms with E-state index in [1.165, 1.54) is 18.3 Å². The minimum absolute atomic E-state index is 0.0504. The fraction of sp³-hybridized carbons (Fsp3) is 0.294. The van der Waals surface area contributed by atoms with Crippen LogP contribution in [0.1, 0.15) is 28.8 Å². The quantitative estimate of drug-likeness (QED) is 0.859. The lowest BCUT2D eigenvalue weighted by atomic mass is 10.1. The summed E-state index contributed by atoms with van der Waals surface area (Å²) >= 11 is 5.64. The van der Waals surface area contributed by atoms with E-state index in [-0.39, 0.29) is 16.3 Å². The first-order valence-electron chi connectivity index (χ1n) is 7.74. The molecule has 1 aliphatic rings. The largest absolute Gasteiger partial charge is 0.418 e. The molecule has 1 saturated heterocycles. The lowest BCUT2D eigenvalue weighted by Gasteiger charge is -2.17. The van der Waals surface area contributed by atoms with E-state index in [0.29, 0.717) is 5.82 Å². The molecular formula is C17H15ClF3N3O. The number of rotatable bonds is 3. The number of nitrogens with zero attached hydrogens (tertiary/aromatic N) is 2. The lowest BCUT2D eigenvalue weighted by molar-refractivity contribution is -0.136. The third kappa shape index (κ3) is 4.04. The molecule has 1 aliphatic heterocycles. The zero-order valence-electron chi connectivity index (χ0n) is 13.1. The molecule has 132 valence electrons. The fourth-order valence-electron chi connectivity index (χ4n) is 2.73. The zero-order valence-corrected chi connectivity index (χ0v) is 13.9. The van der Waals surface area contributed by atoms with Crippen molar-refractivity contribution in [3.05, 3.63) is 52.7 Å². The maximum atomic E-state index is 13.1. The molecular weight excluding hydrogens is 355 g/mol. The molecule has 1 fully saturated rings. The summed E-state index contributed by atoms with van der Waals surface area (Å²) < 4.78 is 39.4. The van der Waals surface area contributed by atoms with E-state index >= 15 is 0 Å². The molecule has 4 nitrogen and oxygen atoms in total. The van der Waals surface area contributed by atoms with E-state index in [1.54, 1.807) is 6.07 Å². The second-order valence-electron chi connectivity index (χ2n) is 5.74. The van der Waals surface area contributed by atoms with Gasteiger partial charge in [-0.25, -0.2) is 4.98 Å². The Hall–Kier alpha value is -2.28. The first-order chi connectivity index (χ1) is 11.8. The number of hydrogen-bond acceptors (Lipinski definition) is 3. The van der Waals surface area contributed by atoms with E-state index in [0.717, 1.165) is 38.1 Å². The van der Waals surface area contributed by atoms with Crippen LogP contribution in [0, 0.1) is 0 Å². The van der Waals surface area contributed by atoms with Crippen molar-refractivity contribution in [3.8, 4) is 0 Å². The fourth-order valence-corrected chi connectivity index (χ4v) is 2.91. The van der Waals surface area contributed by atoms with Gasteiger partial charge in [0.05, 0.1) is 11.3 Å². The van der Waals surface area contributed by atoms with Crippen LogP contribution in [-0.2, 0) is 6.18 Å². The van der Waals surface area contributed by atoms with Crippen LogP contribution in [0.25, 0.3) is 0 Å². The van der Waals surface area contributed by atoms with Crippen molar-refractivity contribution in [2.75, 3.05) is 23.3 Å². The van der Waals surface area contributed by atoms with Crippen LogP contribution in [0.5, 0.6) is 0 Å². The third-order valence-corrected chi connectivity index (χ3v) is 4.21. The Morgan fingerprint density at radius 2 is 1.88 bits per heavy atom. The van der Waals surface area contributed by atoms with Crippen molar-refractivity contribution >= 4 is 29.0 Å². The van der Waals surface area contributed by atoms with Gasteiger partial charge in [0.2, 0.25) is 0 Å². The molecule has 0 atom stereocenters. The third-order valence-electron chi connectivity index (χ3n) is 3.97. The Balaban J connectivity index is 1.84. The zero-order chi connectivity index (χ0) is 18.0. The highest BCUT2D eigenvalue weighted by atomic mass is 35.5. The number of carbonyl (C=O) groups excluding carboxylic acids is 1. The van der Waals surface area contributed by atoms with E-state index < -0.39 is 17.6 Å². The van der Waals surface area contributed by atoms with Crippen LogP contribution < -0.4 is 10.2 Å². The van der Waals surface area contributed by atoms with Gasteiger partial charge in [0.1, 0.15) is 5.82 Å². The normalized spacial score (nSPS) is 14.6. The predicted octanol–water partition coefficient (Wildman–Crippen LogP) is 4.61. The monoisotopic (exact) mass is 369 g/mol. The molecule has 0 bridgehead atoms. The summed E-state index contributed by atoms with van der Waals surface area (Å²) in [5.74, 6) is 0.0213. The van der Waals surface area contributed by atoms with Crippen molar-refractivity contribution in [1.82, 2.24) is 4.98 Å². The molecule has 2 heterocycles. The summed E-state index contributed by atoms with van der Waals surface area (Å²) in [4.78, 5) is 18.7. The number of hydrogen-bond donors (Lipinski definition) is 1. The smallest absolute Gasteiger partial charge is 0.357 e. The minimum Gasteiger partial charge on any atom is -0.357 e. The molecule has 0 aliphatic carbocycles. The first-order valence-corrected chi connectivity index (χ1v) is 8.11. The van der Waals surface area contributed by atoms with Crippen molar-refractivity contribution in [2.24, 2.45) is 0 Å². The maximum Gasteiger partial charge on any atom is 0.418 e. The van der Waals surface area contributed by atoms with Crippen molar-refractivity contribution in [2.45, 2.75) is 19.0 Å². The van der Waals surface area contributed by atoms with Crippen LogP contribution in [0.3, 0.4) is 0 Å². The molecule has 1 amide bonds. The summed E-state index contributed by atoms with van der Waals surface area (Å²) in [6.45, 7) is 1.71. The van der Waals surface area contributed by atoms with Gasteiger partial charge in [-0.2, -0.15) is 13.2 Å². The highest BCUT2D eigenvalue weighted by Crippen LogP contribution is 2.36. The van der Waals surface area contributed by atoms with Gasteiger partial charge in [-0.1, -0.05) is 11.6 Å². The average molecular weight is 370 g/mol. The van der Waals surface area contributed by atoms with E-state index in [4.69, 9.17) is 11.6 Å². The standard InChI is InChI=1S/C17H15ClF3N3O/c18-12-3-4-14(13(10-12)17(19,20)21)23-16(25)11-5-6-22-15(9-11)24-7-1-2-8-24/h3-6,9-10H,1-2,7-8H2,(H,23,25). The average Bonchev–Trinajstić information content (AvgIpc) is 3.10. The van der Waals surface area contributed by atoms with Gasteiger partial charge in [-0.05, 0) is 43.2 Å². The molecule has 1 aromatic carbocycles. The number of anilines is 2. The molecule has 0 unspecified atom stereocenters. The van der Waals surface area contributed by atoms with Gasteiger partial charge in [0.15, 0.2) is 0 Å². The molecule has 1 aromatic heterocycles. The lowest BCUT2D eigenvalue weighted by Crippen LogP contribution is -2.21. The van der Waals surface area contributed by atoms with Crippen LogP contribution in [0.4, 0.5) is 24.7 Å². The maximum absolute atomic E-state index is 13.1. The van der Waals surface area contributed by atoms with Gasteiger partial charge < -0.3 is 10.2 Å². The molecule has 2 aromatic rings. The molecule has 0 spiro atoms. The van der Waals surface area contributed by atoms with E-state index in [2.05, 4.69) is 10.3 Å². The first kappa shape index (κ1) is 17.5. The van der Waals surface area contributed by atoms with Crippen LogP contribution in [0.15, 0.2) is 36.5 Å². The Kier molecular flexibility index (Phi) is 4.85. The predicted molar refractivity (Wildman–Crippen MR) is 90.1 cm³/mol. The highest BCUT2D eigenvalue weighted by Gasteiger charge is 2.34. The molecule has 0 saturated carbocycles. The number of pyridine rings is 1. The van der Waals surface area contributed by atoms with Gasteiger partial charge in [-0.3, -0.25) is 4.79 Å². The summed E-state index contributed by atoms with van der Waals surface area (Å²) in [7, 11) is 0. The number of halogens is 4. The highest BCUT2D eigenvalue weighted by molar-refractivity contribution is 6.30. The van der Waals surface area contributed by atoms with Crippen LogP contribution in [0.2, 0.25) is 5.02 Å². The Morgan fingerprint density at radius 1 is 1.16 bits per heavy atom. The minimum atomic E-state index is -4.62. The Labute approximate surface area is 147 Å². The molecule has 3 rings (SSSR count). The van der Waals surface area contributed by atoms with Crippen LogP contribution in [-0.4, -0.2) is 24.0 Å². The second kappa shape index (κ2) is 6.92. The van der Waals surface area contributed by atoms with Gasteiger partial charge in [0, 0.05) is 29.9 Å². The van der Waals surface area contributed by atoms with E-state index in [1.807, 2.05) is 4.90 Å². The topological polar surface area (TPSA) is 45.2 Å². The number of benzene rings is 1. The van der Waals surface area contributed by atoms with Crippen molar-refractivity contribution < 1.29 is 18.0 Å². The van der Waals surface area contributed by atoms with Crippen molar-refractivity contribution in [3.63, 3.8) is 0 Å². The van der Waals surface area contributed by atoms with Gasteiger partial charge in [-0.15, -0.1) is 0 Å². The molecule has 1 N–H and O–H groups in total. The van der Waals surface area contributed by atoms with Gasteiger partial charge >= 0.3 is 6.18 Å². The second-order valence-corrected chi connectivity index (χ2v) is 6.18. The van der Waals surface area contributed by atoms with Crippen molar-refractivity contribution in [1.29, 1.82) is 0 Å². The molecule has 8 heteroatoms. The SMILES string of the molecule is O=C(Nc1ccc(Cl)cc1C(F)(F)F)c1ccnc(N2CCCC2)c1. The summed E-state index contributed by atoms with van der Waals surface area (Å²) in [6, 6.07) is 6.29. The van der Waals surface area contributed by atoms with Gasteiger partial charge in [0.25, 0.3) is 5.91 Å². The number of alkyl halides is 3. The Bertz CT molecular complexity index is 789. The number of carbonyl (C=O) groups is 1. The number of nitrogens with one attached hydrogen (secondary N) is 1. The summed E-state index contributed by atoms with van der Waals surface area (Å²) in [5.41, 5.74) is -1.07. The Morgan fingerprint density at radius 3 is 2.56 bits per heavy atom. The number of amides is 1. The van der Waals surface area contributed by atoms with Crippen LogP contribution >= 0.6 is 11.6 Å². The summed E-state index contributed by atoms with van der Waals surface area (Å²) in [6.07, 6.45) is -1.03. The summed E-state index contributed by atoms with van der Waals surface area (Å²) in [5, 5.41) is 2.26.